The molecule has 110 valence electrons. The monoisotopic (exact) mass is 288 g/mol. The summed E-state index contributed by atoms with van der Waals surface area (Å²) in [6.07, 6.45) is 0.594. The lowest BCUT2D eigenvalue weighted by atomic mass is 10.3. The lowest BCUT2D eigenvalue weighted by Crippen LogP contribution is -2.25. The number of rotatable bonds is 6. The number of aryl methyl sites for hydroxylation is 1. The maximum atomic E-state index is 12.0. The van der Waals surface area contributed by atoms with Gasteiger partial charge in [0.1, 0.15) is 5.75 Å². The highest BCUT2D eigenvalue weighted by atomic mass is 16.6. The molecule has 0 radical (unpaired) electrons. The van der Waals surface area contributed by atoms with Crippen LogP contribution >= 0.6 is 0 Å². The second kappa shape index (κ2) is 6.69. The summed E-state index contributed by atoms with van der Waals surface area (Å²) in [5, 5.41) is 10.8. The molecule has 1 heterocycles. The molecular weight excluding hydrogens is 272 g/mol. The Morgan fingerprint density at radius 1 is 1.19 bits per heavy atom. The lowest BCUT2D eigenvalue weighted by Gasteiger charge is -2.10. The molecule has 0 spiro atoms. The van der Waals surface area contributed by atoms with Gasteiger partial charge in [-0.3, -0.25) is 14.9 Å². The number of pyridine rings is 1. The van der Waals surface area contributed by atoms with Crippen molar-refractivity contribution in [3.8, 4) is 5.75 Å². The fourth-order valence-corrected chi connectivity index (χ4v) is 2.01. The number of hydrogen-bond acceptors (Lipinski definition) is 4. The van der Waals surface area contributed by atoms with Crippen LogP contribution in [0.4, 0.5) is 5.69 Å². The molecule has 1 aromatic heterocycles. The zero-order valence-electron chi connectivity index (χ0n) is 11.7. The number of benzene rings is 1. The summed E-state index contributed by atoms with van der Waals surface area (Å²) in [6, 6.07) is 12.2. The Morgan fingerprint density at radius 3 is 2.57 bits per heavy atom. The number of nitro groups is 1. The minimum Gasteiger partial charge on any atom is -0.494 e. The van der Waals surface area contributed by atoms with Gasteiger partial charge in [0.15, 0.2) is 0 Å². The first-order valence-electron chi connectivity index (χ1n) is 6.62. The van der Waals surface area contributed by atoms with E-state index in [9.17, 15) is 14.9 Å². The topological polar surface area (TPSA) is 74.4 Å². The number of nitrogens with zero attached hydrogens (tertiary/aromatic N) is 2. The molecule has 21 heavy (non-hydrogen) atoms. The Balaban J connectivity index is 1.99. The van der Waals surface area contributed by atoms with Crippen molar-refractivity contribution in [2.24, 2.45) is 0 Å². The Bertz CT molecular complexity index is 680. The molecule has 0 atom stereocenters. The standard InChI is InChI=1S/C15H16N2O4/c1-12-8-9-14(17(19)20)15(18)16(12)10-5-11-21-13-6-3-2-4-7-13/h2-4,6-9H,5,10-11H2,1H3. The zero-order valence-corrected chi connectivity index (χ0v) is 11.7. The maximum absolute atomic E-state index is 12.0. The summed E-state index contributed by atoms with van der Waals surface area (Å²) < 4.78 is 6.95. The van der Waals surface area contributed by atoms with Crippen molar-refractivity contribution in [3.05, 3.63) is 68.6 Å². The molecule has 0 aliphatic heterocycles. The predicted molar refractivity (Wildman–Crippen MR) is 78.6 cm³/mol. The molecule has 0 bridgehead atoms. The molecule has 0 saturated heterocycles. The molecule has 2 rings (SSSR count). The van der Waals surface area contributed by atoms with Gasteiger partial charge in [-0.05, 0) is 31.5 Å². The molecule has 0 aliphatic rings. The largest absolute Gasteiger partial charge is 0.494 e. The third kappa shape index (κ3) is 3.68. The number of hydrogen-bond donors (Lipinski definition) is 0. The third-order valence-corrected chi connectivity index (χ3v) is 3.11. The average Bonchev–Trinajstić information content (AvgIpc) is 2.47. The highest BCUT2D eigenvalue weighted by Crippen LogP contribution is 2.09. The van der Waals surface area contributed by atoms with Crippen LogP contribution in [0.5, 0.6) is 5.75 Å². The summed E-state index contributed by atoms with van der Waals surface area (Å²) in [5.41, 5.74) is -0.269. The highest BCUT2D eigenvalue weighted by molar-refractivity contribution is 5.28. The van der Waals surface area contributed by atoms with Gasteiger partial charge in [0, 0.05) is 18.3 Å². The molecule has 1 aromatic carbocycles. The SMILES string of the molecule is Cc1ccc([N+](=O)[O-])c(=O)n1CCCOc1ccccc1. The predicted octanol–water partition coefficient (Wildman–Crippen LogP) is 2.53. The van der Waals surface area contributed by atoms with E-state index in [0.29, 0.717) is 25.3 Å². The van der Waals surface area contributed by atoms with E-state index < -0.39 is 16.2 Å². The Morgan fingerprint density at radius 2 is 1.90 bits per heavy atom. The molecule has 6 heteroatoms. The highest BCUT2D eigenvalue weighted by Gasteiger charge is 2.15. The van der Waals surface area contributed by atoms with Gasteiger partial charge in [-0.15, -0.1) is 0 Å². The first-order valence-corrected chi connectivity index (χ1v) is 6.62. The van der Waals surface area contributed by atoms with Crippen LogP contribution in [-0.2, 0) is 6.54 Å². The van der Waals surface area contributed by atoms with Crippen molar-refractivity contribution in [2.75, 3.05) is 6.61 Å². The van der Waals surface area contributed by atoms with Crippen LogP contribution in [0.25, 0.3) is 0 Å². The van der Waals surface area contributed by atoms with E-state index in [-0.39, 0.29) is 0 Å². The van der Waals surface area contributed by atoms with Crippen LogP contribution in [0.2, 0.25) is 0 Å². The molecule has 0 amide bonds. The lowest BCUT2D eigenvalue weighted by molar-refractivity contribution is -0.386. The summed E-state index contributed by atoms with van der Waals surface area (Å²) in [7, 11) is 0. The number of para-hydroxylation sites is 1. The van der Waals surface area contributed by atoms with E-state index in [1.54, 1.807) is 13.0 Å². The zero-order chi connectivity index (χ0) is 15.2. The van der Waals surface area contributed by atoms with Crippen molar-refractivity contribution in [3.63, 3.8) is 0 Å². The van der Waals surface area contributed by atoms with Gasteiger partial charge in [0.2, 0.25) is 0 Å². The van der Waals surface area contributed by atoms with Crippen LogP contribution in [0.3, 0.4) is 0 Å². The normalized spacial score (nSPS) is 10.3. The van der Waals surface area contributed by atoms with Crippen molar-refractivity contribution >= 4 is 5.69 Å². The van der Waals surface area contributed by atoms with E-state index in [4.69, 9.17) is 4.74 Å². The summed E-state index contributed by atoms with van der Waals surface area (Å²) in [6.45, 7) is 2.58. The first-order chi connectivity index (χ1) is 10.1. The molecule has 6 nitrogen and oxygen atoms in total. The van der Waals surface area contributed by atoms with Gasteiger partial charge in [-0.1, -0.05) is 18.2 Å². The minimum absolute atomic E-state index is 0.388. The summed E-state index contributed by atoms with van der Waals surface area (Å²) >= 11 is 0. The maximum Gasteiger partial charge on any atom is 0.334 e. The van der Waals surface area contributed by atoms with Crippen molar-refractivity contribution in [1.29, 1.82) is 0 Å². The van der Waals surface area contributed by atoms with Crippen LogP contribution < -0.4 is 10.3 Å². The second-order valence-corrected chi connectivity index (χ2v) is 4.59. The van der Waals surface area contributed by atoms with Crippen molar-refractivity contribution in [1.82, 2.24) is 4.57 Å². The molecule has 0 aliphatic carbocycles. The third-order valence-electron chi connectivity index (χ3n) is 3.11. The van der Waals surface area contributed by atoms with Gasteiger partial charge < -0.3 is 9.30 Å². The Labute approximate surface area is 121 Å². The minimum atomic E-state index is -0.654. The van der Waals surface area contributed by atoms with Gasteiger partial charge in [-0.25, -0.2) is 0 Å². The van der Waals surface area contributed by atoms with Crippen LogP contribution in [0.15, 0.2) is 47.3 Å². The van der Waals surface area contributed by atoms with Gasteiger partial charge in [0.05, 0.1) is 11.5 Å². The molecule has 2 aromatic rings. The van der Waals surface area contributed by atoms with Crippen molar-refractivity contribution < 1.29 is 9.66 Å². The molecule has 0 fully saturated rings. The van der Waals surface area contributed by atoms with Gasteiger partial charge in [-0.2, -0.15) is 0 Å². The molecular formula is C15H16N2O4. The first kappa shape index (κ1) is 14.8. The molecule has 0 saturated carbocycles. The van der Waals surface area contributed by atoms with Crippen LogP contribution in [0, 0.1) is 17.0 Å². The fourth-order valence-electron chi connectivity index (χ4n) is 2.01. The smallest absolute Gasteiger partial charge is 0.334 e. The molecule has 0 N–H and O–H groups in total. The van der Waals surface area contributed by atoms with Crippen LogP contribution in [-0.4, -0.2) is 16.1 Å². The fraction of sp³-hybridized carbons (Fsp3) is 0.267. The van der Waals surface area contributed by atoms with Gasteiger partial charge in [0.25, 0.3) is 0 Å². The summed E-state index contributed by atoms with van der Waals surface area (Å²) in [5.74, 6) is 0.764. The number of ether oxygens (including phenoxy) is 1. The average molecular weight is 288 g/mol. The van der Waals surface area contributed by atoms with E-state index in [2.05, 4.69) is 0 Å². The quantitative estimate of drug-likeness (QED) is 0.465. The Hall–Kier alpha value is -2.63. The number of aromatic nitrogens is 1. The van der Waals surface area contributed by atoms with E-state index in [0.717, 1.165) is 5.75 Å². The Kier molecular flexibility index (Phi) is 4.71. The van der Waals surface area contributed by atoms with E-state index >= 15 is 0 Å². The second-order valence-electron chi connectivity index (χ2n) is 4.59. The van der Waals surface area contributed by atoms with E-state index in [1.165, 1.54) is 10.6 Å². The molecule has 0 unspecified atom stereocenters. The summed E-state index contributed by atoms with van der Waals surface area (Å²) in [4.78, 5) is 22.1. The van der Waals surface area contributed by atoms with Crippen LogP contribution in [0.1, 0.15) is 12.1 Å². The van der Waals surface area contributed by atoms with E-state index in [1.807, 2.05) is 30.3 Å². The van der Waals surface area contributed by atoms with Gasteiger partial charge >= 0.3 is 11.2 Å². The van der Waals surface area contributed by atoms with Crippen molar-refractivity contribution in [2.45, 2.75) is 19.9 Å².